The summed E-state index contributed by atoms with van der Waals surface area (Å²) in [6, 6.07) is 6.22. The van der Waals surface area contributed by atoms with E-state index in [0.29, 0.717) is 10.7 Å². The summed E-state index contributed by atoms with van der Waals surface area (Å²) in [5.74, 6) is -9.56. The van der Waals surface area contributed by atoms with E-state index in [4.69, 9.17) is 10.8 Å². The van der Waals surface area contributed by atoms with Gasteiger partial charge < -0.3 is 10.8 Å². The van der Waals surface area contributed by atoms with Crippen molar-refractivity contribution in [1.82, 2.24) is 9.78 Å². The molecule has 1 aromatic heterocycles. The molecule has 3 rings (SSSR count). The molecule has 2 aromatic carbocycles. The van der Waals surface area contributed by atoms with Crippen molar-refractivity contribution in [1.29, 1.82) is 0 Å². The number of carbonyl (C=O) groups excluding carboxylic acids is 1. The van der Waals surface area contributed by atoms with Crippen LogP contribution in [0.5, 0.6) is 0 Å². The van der Waals surface area contributed by atoms with E-state index < -0.39 is 64.3 Å². The van der Waals surface area contributed by atoms with Gasteiger partial charge in [0.1, 0.15) is 23.9 Å². The number of halogens is 5. The molecule has 11 heteroatoms. The molecule has 0 radical (unpaired) electrons. The first-order valence-electron chi connectivity index (χ1n) is 9.15. The first-order valence-corrected chi connectivity index (χ1v) is 9.15. The van der Waals surface area contributed by atoms with Crippen LogP contribution < -0.4 is 11.3 Å². The summed E-state index contributed by atoms with van der Waals surface area (Å²) < 4.78 is 70.4. The van der Waals surface area contributed by atoms with Gasteiger partial charge in [-0.3, -0.25) is 9.59 Å². The fourth-order valence-corrected chi connectivity index (χ4v) is 3.24. The molecule has 3 N–H and O–H groups in total. The van der Waals surface area contributed by atoms with Gasteiger partial charge in [0, 0.05) is 18.1 Å². The Bertz CT molecular complexity index is 1260. The zero-order chi connectivity index (χ0) is 23.8. The van der Waals surface area contributed by atoms with Crippen LogP contribution in [0.15, 0.2) is 47.3 Å². The molecule has 32 heavy (non-hydrogen) atoms. The Hall–Kier alpha value is -3.60. The zero-order valence-electron chi connectivity index (χ0n) is 16.5. The molecule has 0 spiro atoms. The number of alkyl halides is 2. The van der Waals surface area contributed by atoms with Crippen LogP contribution in [-0.2, 0) is 5.92 Å². The molecule has 6 nitrogen and oxygen atoms in total. The Morgan fingerprint density at radius 2 is 1.84 bits per heavy atom. The predicted molar refractivity (Wildman–Crippen MR) is 103 cm³/mol. The molecule has 0 fully saturated rings. The van der Waals surface area contributed by atoms with Crippen LogP contribution >= 0.6 is 0 Å². The van der Waals surface area contributed by atoms with E-state index in [1.807, 2.05) is 0 Å². The molecule has 0 bridgehead atoms. The quantitative estimate of drug-likeness (QED) is 0.561. The van der Waals surface area contributed by atoms with Crippen molar-refractivity contribution in [2.45, 2.75) is 18.8 Å². The Morgan fingerprint density at radius 1 is 1.16 bits per heavy atom. The lowest BCUT2D eigenvalue weighted by molar-refractivity contribution is -0.0583. The number of carbonyl (C=O) groups is 1. The molecule has 3 aromatic rings. The number of hydrogen-bond donors (Lipinski definition) is 2. The summed E-state index contributed by atoms with van der Waals surface area (Å²) in [7, 11) is 0. The second-order valence-electron chi connectivity index (χ2n) is 6.95. The Morgan fingerprint density at radius 3 is 2.44 bits per heavy atom. The predicted octanol–water partition coefficient (Wildman–Crippen LogP) is 2.98. The van der Waals surface area contributed by atoms with Gasteiger partial charge >= 0.3 is 0 Å². The summed E-state index contributed by atoms with van der Waals surface area (Å²) in [6.45, 7) is -0.305. The first-order chi connectivity index (χ1) is 15.0. The number of hydrogen-bond acceptors (Lipinski definition) is 4. The summed E-state index contributed by atoms with van der Waals surface area (Å²) in [6.07, 6.45) is 0. The van der Waals surface area contributed by atoms with Crippen molar-refractivity contribution in [3.8, 4) is 5.69 Å². The number of rotatable bonds is 6. The molecule has 1 amide bonds. The Kier molecular flexibility index (Phi) is 6.13. The van der Waals surface area contributed by atoms with Crippen LogP contribution in [0.2, 0.25) is 0 Å². The maximum Gasteiger partial charge on any atom is 0.298 e. The number of nitrogens with two attached hydrogens (primary N) is 1. The van der Waals surface area contributed by atoms with E-state index in [0.717, 1.165) is 36.4 Å². The number of aliphatic hydroxyl groups is 1. The second-order valence-corrected chi connectivity index (χ2v) is 6.95. The average Bonchev–Trinajstić information content (AvgIpc) is 2.73. The standard InChI is InChI=1S/C21H16F5N3O3/c1-10(12-3-2-4-14(18(12)24)21(25,26)9-30)13-8-17(31)29(28-19(13)20(27)32)16-6-5-11(22)7-15(16)23/h2-8,10,30H,9H2,1H3,(H2,27,32)/t10-/m0/s1. The lowest BCUT2D eigenvalue weighted by atomic mass is 9.89. The highest BCUT2D eigenvalue weighted by Crippen LogP contribution is 2.35. The van der Waals surface area contributed by atoms with Crippen LogP contribution in [0.4, 0.5) is 22.0 Å². The monoisotopic (exact) mass is 453 g/mol. The minimum atomic E-state index is -3.87. The van der Waals surface area contributed by atoms with Gasteiger partial charge in [0.15, 0.2) is 11.5 Å². The molecule has 0 aliphatic carbocycles. The van der Waals surface area contributed by atoms with Gasteiger partial charge in [-0.25, -0.2) is 13.2 Å². The molecule has 1 atom stereocenters. The number of nitrogens with zero attached hydrogens (tertiary/aromatic N) is 2. The lowest BCUT2D eigenvalue weighted by Crippen LogP contribution is -2.29. The fourth-order valence-electron chi connectivity index (χ4n) is 3.24. The van der Waals surface area contributed by atoms with E-state index in [1.165, 1.54) is 6.92 Å². The van der Waals surface area contributed by atoms with Crippen molar-refractivity contribution >= 4 is 5.91 Å². The van der Waals surface area contributed by atoms with Gasteiger partial charge in [-0.2, -0.15) is 18.6 Å². The topological polar surface area (TPSA) is 98.2 Å². The third-order valence-corrected chi connectivity index (χ3v) is 4.89. The summed E-state index contributed by atoms with van der Waals surface area (Å²) in [5.41, 5.74) is 1.79. The molecular formula is C21H16F5N3O3. The van der Waals surface area contributed by atoms with Crippen LogP contribution in [0.25, 0.3) is 5.69 Å². The smallest absolute Gasteiger partial charge is 0.298 e. The highest BCUT2D eigenvalue weighted by molar-refractivity contribution is 5.92. The van der Waals surface area contributed by atoms with Crippen molar-refractivity contribution in [2.75, 3.05) is 6.61 Å². The normalized spacial score (nSPS) is 12.6. The van der Waals surface area contributed by atoms with Crippen molar-refractivity contribution < 1.29 is 31.9 Å². The summed E-state index contributed by atoms with van der Waals surface area (Å²) in [5, 5.41) is 12.6. The maximum absolute atomic E-state index is 14.9. The number of aromatic nitrogens is 2. The number of amides is 1. The van der Waals surface area contributed by atoms with E-state index in [-0.39, 0.29) is 11.1 Å². The van der Waals surface area contributed by atoms with Gasteiger partial charge in [0.25, 0.3) is 17.4 Å². The molecule has 0 aliphatic heterocycles. The second kappa shape index (κ2) is 8.50. The highest BCUT2D eigenvalue weighted by Gasteiger charge is 2.35. The van der Waals surface area contributed by atoms with Crippen LogP contribution in [-0.4, -0.2) is 27.4 Å². The van der Waals surface area contributed by atoms with Gasteiger partial charge in [-0.1, -0.05) is 19.1 Å². The van der Waals surface area contributed by atoms with E-state index >= 15 is 0 Å². The van der Waals surface area contributed by atoms with Crippen molar-refractivity contribution in [3.63, 3.8) is 0 Å². The third-order valence-electron chi connectivity index (χ3n) is 4.89. The SMILES string of the molecule is C[C@H](c1cc(=O)n(-c2ccc(F)cc2F)nc1C(N)=O)c1cccc(C(F)(F)CO)c1F. The minimum Gasteiger partial charge on any atom is -0.390 e. The molecule has 168 valence electrons. The van der Waals surface area contributed by atoms with E-state index in [1.54, 1.807) is 0 Å². The largest absolute Gasteiger partial charge is 0.390 e. The Balaban J connectivity index is 2.19. The van der Waals surface area contributed by atoms with Crippen molar-refractivity contribution in [3.05, 3.63) is 92.7 Å². The van der Waals surface area contributed by atoms with Crippen LogP contribution in [0.1, 0.15) is 40.0 Å². The fraction of sp³-hybridized carbons (Fsp3) is 0.190. The molecule has 0 aliphatic rings. The highest BCUT2D eigenvalue weighted by atomic mass is 19.3. The average molecular weight is 453 g/mol. The first kappa shape index (κ1) is 23.1. The lowest BCUT2D eigenvalue weighted by Gasteiger charge is -2.20. The number of aliphatic hydroxyl groups excluding tert-OH is 1. The molecule has 0 saturated heterocycles. The van der Waals surface area contributed by atoms with Gasteiger partial charge in [-0.05, 0) is 29.3 Å². The van der Waals surface area contributed by atoms with E-state index in [2.05, 4.69) is 5.10 Å². The van der Waals surface area contributed by atoms with Crippen LogP contribution in [0, 0.1) is 17.5 Å². The van der Waals surface area contributed by atoms with Gasteiger partial charge in [-0.15, -0.1) is 0 Å². The summed E-state index contributed by atoms with van der Waals surface area (Å²) in [4.78, 5) is 24.6. The zero-order valence-corrected chi connectivity index (χ0v) is 16.5. The minimum absolute atomic E-state index is 0.190. The Labute approximate surface area is 177 Å². The van der Waals surface area contributed by atoms with Crippen LogP contribution in [0.3, 0.4) is 0 Å². The molecule has 0 unspecified atom stereocenters. The number of benzene rings is 2. The molecule has 0 saturated carbocycles. The molecule has 1 heterocycles. The summed E-state index contributed by atoms with van der Waals surface area (Å²) >= 11 is 0. The van der Waals surface area contributed by atoms with E-state index in [9.17, 15) is 31.5 Å². The third kappa shape index (κ3) is 4.11. The van der Waals surface area contributed by atoms with Gasteiger partial charge in [0.05, 0.1) is 5.56 Å². The van der Waals surface area contributed by atoms with Crippen molar-refractivity contribution in [2.24, 2.45) is 5.73 Å². The number of primary amides is 1. The molecular weight excluding hydrogens is 437 g/mol. The van der Waals surface area contributed by atoms with Gasteiger partial charge in [0.2, 0.25) is 0 Å². The maximum atomic E-state index is 14.9.